The molecule has 0 bridgehead atoms. The fourth-order valence-electron chi connectivity index (χ4n) is 6.87. The summed E-state index contributed by atoms with van der Waals surface area (Å²) in [6.45, 7) is 2.99. The van der Waals surface area contributed by atoms with Crippen molar-refractivity contribution in [1.82, 2.24) is 0 Å². The van der Waals surface area contributed by atoms with Gasteiger partial charge in [0.1, 0.15) is 43.2 Å². The number of aliphatic hydroxyl groups is 6. The zero-order valence-corrected chi connectivity index (χ0v) is 40.7. The number of rotatable bonds is 39. The first-order valence-corrected chi connectivity index (χ1v) is 26.0. The van der Waals surface area contributed by atoms with Gasteiger partial charge in [0.05, 0.1) is 12.7 Å². The molecule has 1 aliphatic rings. The summed E-state index contributed by atoms with van der Waals surface area (Å²) in [7, 11) is -5.18. The van der Waals surface area contributed by atoms with Crippen LogP contribution < -0.4 is 0 Å². The van der Waals surface area contributed by atoms with Gasteiger partial charge in [-0.2, -0.15) is 0 Å². The number of carbonyl (C=O) groups is 2. The lowest BCUT2D eigenvalue weighted by Crippen LogP contribution is -2.64. The van der Waals surface area contributed by atoms with E-state index in [-0.39, 0.29) is 25.7 Å². The number of ether oxygens (including phenoxy) is 2. The van der Waals surface area contributed by atoms with Gasteiger partial charge in [0.25, 0.3) is 0 Å². The average molecular weight is 953 g/mol. The first kappa shape index (κ1) is 61.0. The highest BCUT2D eigenvalue weighted by atomic mass is 31.2. The molecule has 1 saturated carbocycles. The van der Waals surface area contributed by atoms with Crippen LogP contribution in [0.25, 0.3) is 0 Å². The summed E-state index contributed by atoms with van der Waals surface area (Å²) >= 11 is 0. The molecule has 0 saturated heterocycles. The maximum Gasteiger partial charge on any atom is 0.472 e. The number of aliphatic hydroxyl groups excluding tert-OH is 6. The summed E-state index contributed by atoms with van der Waals surface area (Å²) in [5.74, 6) is -1.31. The zero-order valence-electron chi connectivity index (χ0n) is 39.8. The van der Waals surface area contributed by atoms with Crippen molar-refractivity contribution in [3.05, 3.63) is 85.1 Å². The van der Waals surface area contributed by atoms with E-state index in [1.807, 2.05) is 12.2 Å². The van der Waals surface area contributed by atoms with E-state index in [0.29, 0.717) is 6.42 Å². The van der Waals surface area contributed by atoms with E-state index >= 15 is 0 Å². The predicted octanol–water partition coefficient (Wildman–Crippen LogP) is 9.03. The lowest BCUT2D eigenvalue weighted by molar-refractivity contribution is -0.220. The van der Waals surface area contributed by atoms with Gasteiger partial charge in [-0.05, 0) is 77.0 Å². The van der Waals surface area contributed by atoms with Gasteiger partial charge in [0, 0.05) is 12.8 Å². The van der Waals surface area contributed by atoms with Gasteiger partial charge < -0.3 is 45.0 Å². The Labute approximate surface area is 395 Å². The van der Waals surface area contributed by atoms with Crippen LogP contribution in [0.3, 0.4) is 0 Å². The number of hydrogen-bond acceptors (Lipinski definition) is 13. The lowest BCUT2D eigenvalue weighted by Gasteiger charge is -2.41. The van der Waals surface area contributed by atoms with Crippen molar-refractivity contribution in [3.63, 3.8) is 0 Å². The predicted molar refractivity (Wildman–Crippen MR) is 259 cm³/mol. The molecule has 1 aliphatic carbocycles. The van der Waals surface area contributed by atoms with Crippen LogP contribution in [0.5, 0.6) is 0 Å². The van der Waals surface area contributed by atoms with Gasteiger partial charge in [-0.25, -0.2) is 4.57 Å². The van der Waals surface area contributed by atoms with E-state index in [1.165, 1.54) is 51.4 Å². The maximum atomic E-state index is 12.8. The normalized spacial score (nSPS) is 22.5. The van der Waals surface area contributed by atoms with Gasteiger partial charge >= 0.3 is 19.8 Å². The molecule has 0 spiro atoms. The highest BCUT2D eigenvalue weighted by molar-refractivity contribution is 7.47. The molecule has 66 heavy (non-hydrogen) atoms. The Kier molecular flexibility index (Phi) is 36.9. The minimum absolute atomic E-state index is 0.117. The highest BCUT2D eigenvalue weighted by Crippen LogP contribution is 2.47. The number of unbranched alkanes of at least 4 members (excludes halogenated alkanes) is 12. The summed E-state index contributed by atoms with van der Waals surface area (Å²) in [6, 6.07) is 0. The first-order chi connectivity index (χ1) is 31.8. The fraction of sp³-hybridized carbons (Fsp3) is 0.686. The van der Waals surface area contributed by atoms with E-state index in [2.05, 4.69) is 74.6 Å². The SMILES string of the molecule is CC/C=C\C/C=C\C/C=C\C/C=C\C=C\C(O)CCCC(=O)O[C@H](COC(=O)CCCCCCCCCCC/C=C\C/C=C\CCCCC)COP(=O)(O)OC1[C@H](O)[C@H](O)C(O)[C@H](O)[C@H]1O. The molecule has 0 heterocycles. The molecule has 0 amide bonds. The van der Waals surface area contributed by atoms with Gasteiger partial charge in [-0.1, -0.05) is 157 Å². The second-order valence-corrected chi connectivity index (χ2v) is 18.2. The number of allylic oxidation sites excluding steroid dienone is 13. The van der Waals surface area contributed by atoms with Gasteiger partial charge in [0.15, 0.2) is 6.10 Å². The van der Waals surface area contributed by atoms with Crippen LogP contribution in [0.15, 0.2) is 85.1 Å². The first-order valence-electron chi connectivity index (χ1n) is 24.5. The number of phosphoric ester groups is 1. The Morgan fingerprint density at radius 1 is 0.561 bits per heavy atom. The minimum atomic E-state index is -5.18. The molecule has 4 unspecified atom stereocenters. The fourth-order valence-corrected chi connectivity index (χ4v) is 7.85. The van der Waals surface area contributed by atoms with E-state index in [1.54, 1.807) is 12.2 Å². The molecule has 1 rings (SSSR count). The number of phosphoric acid groups is 1. The van der Waals surface area contributed by atoms with Crippen molar-refractivity contribution >= 4 is 19.8 Å². The molecule has 9 atom stereocenters. The summed E-state index contributed by atoms with van der Waals surface area (Å²) in [4.78, 5) is 35.8. The quantitative estimate of drug-likeness (QED) is 0.0100. The van der Waals surface area contributed by atoms with Crippen LogP contribution in [0.4, 0.5) is 0 Å². The third kappa shape index (κ3) is 31.9. The molecule has 0 aromatic heterocycles. The van der Waals surface area contributed by atoms with Gasteiger partial charge in [-0.15, -0.1) is 0 Å². The second kappa shape index (κ2) is 39.9. The Hall–Kier alpha value is -3.01. The standard InChI is InChI=1S/C51H85O14P/c1-3-5-7-9-11-13-15-17-18-19-20-21-22-24-26-28-30-32-34-38-44(53)62-40-43(41-63-66(60,61)65-51-49(58)47(56)46(55)48(57)50(51)59)64-45(54)39-35-37-42(52)36-33-31-29-27-25-23-16-14-12-10-8-6-4-2/h6,8,11-14,17-18,23,25,29,31,33,36,42-43,46-52,55-59H,3-5,7,9-10,15-16,19-22,24,26-28,30,32,34-35,37-41H2,1-2H3,(H,60,61)/b8-6-,13-11-,14-12-,18-17-,25-23-,31-29-,36-33+/t42?,43-,46?,47-,48+,49-,50-,51?/m1/s1. The van der Waals surface area contributed by atoms with Crippen LogP contribution in [-0.2, 0) is 32.7 Å². The minimum Gasteiger partial charge on any atom is -0.462 e. The molecular formula is C51H85O14P. The summed E-state index contributed by atoms with van der Waals surface area (Å²) in [5, 5.41) is 60.6. The topological polar surface area (TPSA) is 230 Å². The van der Waals surface area contributed by atoms with Crippen molar-refractivity contribution in [2.75, 3.05) is 13.2 Å². The molecule has 378 valence electrons. The third-order valence-electron chi connectivity index (χ3n) is 10.8. The molecular weight excluding hydrogens is 868 g/mol. The van der Waals surface area contributed by atoms with Crippen LogP contribution in [0.1, 0.15) is 162 Å². The van der Waals surface area contributed by atoms with Crippen LogP contribution in [0, 0.1) is 0 Å². The van der Waals surface area contributed by atoms with Crippen molar-refractivity contribution < 1.29 is 68.2 Å². The Balaban J connectivity index is 2.52. The Morgan fingerprint density at radius 3 is 1.62 bits per heavy atom. The highest BCUT2D eigenvalue weighted by Gasteiger charge is 2.51. The number of carbonyl (C=O) groups excluding carboxylic acids is 2. The smallest absolute Gasteiger partial charge is 0.462 e. The van der Waals surface area contributed by atoms with Crippen molar-refractivity contribution in [1.29, 1.82) is 0 Å². The van der Waals surface area contributed by atoms with Crippen LogP contribution in [0.2, 0.25) is 0 Å². The summed E-state index contributed by atoms with van der Waals surface area (Å²) < 4.78 is 33.4. The lowest BCUT2D eigenvalue weighted by atomic mass is 9.85. The molecule has 0 aromatic rings. The summed E-state index contributed by atoms with van der Waals surface area (Å²) in [5.41, 5.74) is 0. The average Bonchev–Trinajstić information content (AvgIpc) is 3.29. The Bertz CT molecular complexity index is 1490. The number of hydrogen-bond donors (Lipinski definition) is 7. The van der Waals surface area contributed by atoms with E-state index in [0.717, 1.165) is 64.2 Å². The molecule has 15 heteroatoms. The van der Waals surface area contributed by atoms with Gasteiger partial charge in [-0.3, -0.25) is 18.6 Å². The maximum absolute atomic E-state index is 12.8. The molecule has 7 N–H and O–H groups in total. The largest absolute Gasteiger partial charge is 0.472 e. The monoisotopic (exact) mass is 953 g/mol. The second-order valence-electron chi connectivity index (χ2n) is 16.8. The molecule has 0 aliphatic heterocycles. The van der Waals surface area contributed by atoms with E-state index in [4.69, 9.17) is 18.5 Å². The molecule has 14 nitrogen and oxygen atoms in total. The Morgan fingerprint density at radius 2 is 1.05 bits per heavy atom. The molecule has 0 radical (unpaired) electrons. The van der Waals surface area contributed by atoms with Crippen LogP contribution >= 0.6 is 7.82 Å². The van der Waals surface area contributed by atoms with Crippen molar-refractivity contribution in [2.24, 2.45) is 0 Å². The van der Waals surface area contributed by atoms with Crippen molar-refractivity contribution in [2.45, 2.75) is 210 Å². The van der Waals surface area contributed by atoms with E-state index in [9.17, 15) is 49.7 Å². The van der Waals surface area contributed by atoms with Crippen LogP contribution in [-0.4, -0.2) is 110 Å². The van der Waals surface area contributed by atoms with Gasteiger partial charge in [0.2, 0.25) is 0 Å². The summed E-state index contributed by atoms with van der Waals surface area (Å²) in [6.07, 6.45) is 35.0. The third-order valence-corrected chi connectivity index (χ3v) is 11.8. The van der Waals surface area contributed by atoms with Crippen molar-refractivity contribution in [3.8, 4) is 0 Å². The zero-order chi connectivity index (χ0) is 48.7. The molecule has 0 aromatic carbocycles. The van der Waals surface area contributed by atoms with E-state index < -0.39 is 81.8 Å². The molecule has 1 fully saturated rings. The number of esters is 2.